The summed E-state index contributed by atoms with van der Waals surface area (Å²) in [7, 11) is 2.05. The van der Waals surface area contributed by atoms with Gasteiger partial charge in [0, 0.05) is 24.3 Å². The number of anilines is 3. The van der Waals surface area contributed by atoms with E-state index in [1.807, 2.05) is 25.4 Å². The van der Waals surface area contributed by atoms with Crippen LogP contribution in [0.3, 0.4) is 0 Å². The molecule has 2 N–H and O–H groups in total. The zero-order chi connectivity index (χ0) is 17.6. The molecule has 2 heterocycles. The molecule has 4 rings (SSSR count). The number of rotatable bonds is 3. The van der Waals surface area contributed by atoms with E-state index >= 15 is 0 Å². The number of aryl methyl sites for hydroxylation is 1. The fourth-order valence-corrected chi connectivity index (χ4v) is 3.69. The maximum atomic E-state index is 6.58. The molecule has 1 aromatic heterocycles. The molecule has 1 aliphatic heterocycles. The second-order valence-electron chi connectivity index (χ2n) is 6.51. The topological polar surface area (TPSA) is 45.4 Å². The van der Waals surface area contributed by atoms with Crippen molar-refractivity contribution in [1.82, 2.24) is 4.98 Å². The van der Waals surface area contributed by atoms with Gasteiger partial charge in [-0.2, -0.15) is 0 Å². The van der Waals surface area contributed by atoms with E-state index in [0.29, 0.717) is 0 Å². The number of fused-ring (bicyclic) bond motifs is 3. The summed E-state index contributed by atoms with van der Waals surface area (Å²) in [6.45, 7) is 5.93. The molecular formula is C21H22N4. The Labute approximate surface area is 148 Å². The van der Waals surface area contributed by atoms with Gasteiger partial charge in [0.15, 0.2) is 6.29 Å². The smallest absolute Gasteiger partial charge is 0.159 e. The summed E-state index contributed by atoms with van der Waals surface area (Å²) < 4.78 is 0. The van der Waals surface area contributed by atoms with Gasteiger partial charge in [-0.05, 0) is 54.8 Å². The highest BCUT2D eigenvalue weighted by molar-refractivity contribution is 6.04. The first kappa shape index (κ1) is 15.7. The van der Waals surface area contributed by atoms with E-state index in [1.54, 1.807) is 0 Å². The highest BCUT2D eigenvalue weighted by atomic mass is 15.5. The number of hydrogen-bond donors (Lipinski definition) is 1. The highest BCUT2D eigenvalue weighted by Crippen LogP contribution is 2.47. The van der Waals surface area contributed by atoms with Crippen molar-refractivity contribution in [3.8, 4) is 0 Å². The van der Waals surface area contributed by atoms with Crippen LogP contribution in [0.1, 0.15) is 11.1 Å². The van der Waals surface area contributed by atoms with Gasteiger partial charge in [-0.3, -0.25) is 10.7 Å². The van der Waals surface area contributed by atoms with E-state index in [2.05, 4.69) is 64.7 Å². The van der Waals surface area contributed by atoms with Gasteiger partial charge in [-0.15, -0.1) is 6.58 Å². The van der Waals surface area contributed by atoms with Crippen LogP contribution in [0.4, 0.5) is 17.1 Å². The molecule has 2 aromatic carbocycles. The van der Waals surface area contributed by atoms with Crippen LogP contribution in [0.5, 0.6) is 0 Å². The third-order valence-corrected chi connectivity index (χ3v) is 4.89. The molecule has 3 aromatic rings. The van der Waals surface area contributed by atoms with Crippen molar-refractivity contribution < 1.29 is 0 Å². The first-order valence-electron chi connectivity index (χ1n) is 8.47. The van der Waals surface area contributed by atoms with Gasteiger partial charge in [0.1, 0.15) is 0 Å². The first-order chi connectivity index (χ1) is 12.1. The molecule has 0 saturated carbocycles. The van der Waals surface area contributed by atoms with E-state index in [4.69, 9.17) is 5.73 Å². The zero-order valence-corrected chi connectivity index (χ0v) is 14.6. The Morgan fingerprint density at radius 2 is 1.96 bits per heavy atom. The number of nitrogens with two attached hydrogens (primary N) is 1. The average Bonchev–Trinajstić information content (AvgIpc) is 2.89. The Balaban J connectivity index is 1.92. The highest BCUT2D eigenvalue weighted by Gasteiger charge is 2.35. The van der Waals surface area contributed by atoms with Crippen LogP contribution in [0.2, 0.25) is 0 Å². The van der Waals surface area contributed by atoms with Crippen LogP contribution in [0.25, 0.3) is 10.9 Å². The molecule has 0 aliphatic carbocycles. The molecule has 1 atom stereocenters. The molecule has 0 bridgehead atoms. The predicted molar refractivity (Wildman–Crippen MR) is 105 cm³/mol. The summed E-state index contributed by atoms with van der Waals surface area (Å²) in [5.74, 6) is 0. The Morgan fingerprint density at radius 3 is 2.68 bits per heavy atom. The third-order valence-electron chi connectivity index (χ3n) is 4.89. The lowest BCUT2D eigenvalue weighted by atomic mass is 10.1. The van der Waals surface area contributed by atoms with E-state index < -0.39 is 0 Å². The molecule has 4 heteroatoms. The maximum Gasteiger partial charge on any atom is 0.159 e. The van der Waals surface area contributed by atoms with E-state index in [0.717, 1.165) is 28.7 Å². The van der Waals surface area contributed by atoms with Crippen LogP contribution in [-0.4, -0.2) is 18.3 Å². The number of pyridine rings is 1. The fourth-order valence-electron chi connectivity index (χ4n) is 3.69. The van der Waals surface area contributed by atoms with Gasteiger partial charge < -0.3 is 9.80 Å². The molecule has 0 spiro atoms. The van der Waals surface area contributed by atoms with Crippen molar-refractivity contribution in [3.63, 3.8) is 0 Å². The SMILES string of the molecule is C=CCc1ccc(N2c3c(c(C)cc4ncccc34)N(C)C2N)cc1. The summed E-state index contributed by atoms with van der Waals surface area (Å²) in [5, 5.41) is 1.12. The molecule has 0 radical (unpaired) electrons. The molecule has 1 aliphatic rings. The van der Waals surface area contributed by atoms with Gasteiger partial charge in [0.2, 0.25) is 0 Å². The van der Waals surface area contributed by atoms with Crippen molar-refractivity contribution >= 4 is 28.0 Å². The summed E-state index contributed by atoms with van der Waals surface area (Å²) in [6.07, 6.45) is 4.38. The molecule has 4 nitrogen and oxygen atoms in total. The molecular weight excluding hydrogens is 308 g/mol. The maximum absolute atomic E-state index is 6.58. The fraction of sp³-hybridized carbons (Fsp3) is 0.190. The zero-order valence-electron chi connectivity index (χ0n) is 14.6. The van der Waals surface area contributed by atoms with Crippen LogP contribution in [0.15, 0.2) is 61.3 Å². The van der Waals surface area contributed by atoms with Gasteiger partial charge >= 0.3 is 0 Å². The lowest BCUT2D eigenvalue weighted by molar-refractivity contribution is 0.701. The minimum absolute atomic E-state index is 0.246. The molecule has 25 heavy (non-hydrogen) atoms. The van der Waals surface area contributed by atoms with Crippen molar-refractivity contribution in [2.45, 2.75) is 19.6 Å². The van der Waals surface area contributed by atoms with E-state index in [1.165, 1.54) is 16.8 Å². The van der Waals surface area contributed by atoms with Crippen molar-refractivity contribution in [3.05, 3.63) is 72.4 Å². The van der Waals surface area contributed by atoms with E-state index in [-0.39, 0.29) is 6.29 Å². The van der Waals surface area contributed by atoms with Crippen molar-refractivity contribution in [2.24, 2.45) is 5.73 Å². The van der Waals surface area contributed by atoms with Gasteiger partial charge in [0.05, 0.1) is 16.9 Å². The second kappa shape index (κ2) is 5.90. The lowest BCUT2D eigenvalue weighted by Crippen LogP contribution is -2.46. The molecule has 0 amide bonds. The number of allylic oxidation sites excluding steroid dienone is 1. The Hall–Kier alpha value is -2.85. The normalized spacial score (nSPS) is 16.4. The third kappa shape index (κ3) is 2.37. The number of hydrogen-bond acceptors (Lipinski definition) is 4. The van der Waals surface area contributed by atoms with Crippen LogP contribution in [-0.2, 0) is 6.42 Å². The minimum atomic E-state index is -0.246. The number of aromatic nitrogens is 1. The van der Waals surface area contributed by atoms with Crippen LogP contribution < -0.4 is 15.5 Å². The predicted octanol–water partition coefficient (Wildman–Crippen LogP) is 4.10. The van der Waals surface area contributed by atoms with Gasteiger partial charge in [0.25, 0.3) is 0 Å². The van der Waals surface area contributed by atoms with Crippen molar-refractivity contribution in [1.29, 1.82) is 0 Å². The molecule has 0 fully saturated rings. The Bertz CT molecular complexity index is 946. The Kier molecular flexibility index (Phi) is 3.70. The summed E-state index contributed by atoms with van der Waals surface area (Å²) in [6, 6.07) is 14.8. The monoisotopic (exact) mass is 330 g/mol. The van der Waals surface area contributed by atoms with Crippen LogP contribution in [0, 0.1) is 6.92 Å². The van der Waals surface area contributed by atoms with Crippen LogP contribution >= 0.6 is 0 Å². The summed E-state index contributed by atoms with van der Waals surface area (Å²) >= 11 is 0. The quantitative estimate of drug-likeness (QED) is 0.734. The molecule has 0 saturated heterocycles. The minimum Gasteiger partial charge on any atom is -0.340 e. The molecule has 126 valence electrons. The Morgan fingerprint density at radius 1 is 1.20 bits per heavy atom. The first-order valence-corrected chi connectivity index (χ1v) is 8.47. The van der Waals surface area contributed by atoms with Crippen molar-refractivity contribution in [2.75, 3.05) is 16.8 Å². The van der Waals surface area contributed by atoms with Gasteiger partial charge in [-0.25, -0.2) is 0 Å². The summed E-state index contributed by atoms with van der Waals surface area (Å²) in [4.78, 5) is 8.87. The number of benzene rings is 2. The lowest BCUT2D eigenvalue weighted by Gasteiger charge is -2.27. The average molecular weight is 330 g/mol. The van der Waals surface area contributed by atoms with E-state index in [9.17, 15) is 0 Å². The summed E-state index contributed by atoms with van der Waals surface area (Å²) in [5.41, 5.74) is 13.4. The largest absolute Gasteiger partial charge is 0.340 e. The molecule has 1 unspecified atom stereocenters. The standard InChI is InChI=1S/C21H22N4/c1-4-6-15-8-10-16(11-9-15)25-20-17-7-5-12-23-18(17)13-14(2)19(20)24(3)21(25)22/h4-5,7-13,21H,1,6,22H2,2-3H3. The van der Waals surface area contributed by atoms with Gasteiger partial charge in [-0.1, -0.05) is 18.2 Å². The second-order valence-corrected chi connectivity index (χ2v) is 6.51. The number of nitrogens with zero attached hydrogens (tertiary/aromatic N) is 3.